The zero-order valence-electron chi connectivity index (χ0n) is 16.8. The largest absolute Gasteiger partial charge is 0.495 e. The number of aryl methyl sites for hydroxylation is 1. The van der Waals surface area contributed by atoms with Crippen LogP contribution in [0.1, 0.15) is 11.3 Å². The SMILES string of the molecule is COc1ccccc1NC(=O)COc1ccc(C=NNc2nc(C)cs2)cc1OC. The number of nitrogens with zero attached hydrogens (tertiary/aromatic N) is 2. The lowest BCUT2D eigenvalue weighted by Crippen LogP contribution is -2.20. The topological polar surface area (TPSA) is 94.1 Å². The number of hydrazone groups is 1. The average molecular weight is 426 g/mol. The van der Waals surface area contributed by atoms with Gasteiger partial charge in [0.2, 0.25) is 5.13 Å². The fourth-order valence-electron chi connectivity index (χ4n) is 2.53. The minimum Gasteiger partial charge on any atom is -0.495 e. The molecule has 0 aliphatic carbocycles. The second-order valence-electron chi connectivity index (χ2n) is 6.11. The fourth-order valence-corrected chi connectivity index (χ4v) is 3.17. The zero-order chi connectivity index (χ0) is 21.3. The van der Waals surface area contributed by atoms with Crippen molar-refractivity contribution in [2.45, 2.75) is 6.92 Å². The van der Waals surface area contributed by atoms with E-state index in [1.165, 1.54) is 18.4 Å². The number of ether oxygens (including phenoxy) is 3. The lowest BCUT2D eigenvalue weighted by Gasteiger charge is -2.12. The van der Waals surface area contributed by atoms with Crippen LogP contribution in [0.4, 0.5) is 10.8 Å². The summed E-state index contributed by atoms with van der Waals surface area (Å²) in [7, 11) is 3.08. The van der Waals surface area contributed by atoms with Crippen LogP contribution < -0.4 is 25.0 Å². The van der Waals surface area contributed by atoms with Crippen molar-refractivity contribution in [1.82, 2.24) is 4.98 Å². The molecule has 0 spiro atoms. The van der Waals surface area contributed by atoms with E-state index in [9.17, 15) is 4.79 Å². The van der Waals surface area contributed by atoms with E-state index in [-0.39, 0.29) is 12.5 Å². The number of nitrogens with one attached hydrogen (secondary N) is 2. The molecule has 9 heteroatoms. The second kappa shape index (κ2) is 10.3. The molecule has 0 saturated heterocycles. The van der Waals surface area contributed by atoms with Crippen molar-refractivity contribution in [3.05, 3.63) is 59.1 Å². The highest BCUT2D eigenvalue weighted by molar-refractivity contribution is 7.13. The lowest BCUT2D eigenvalue weighted by molar-refractivity contribution is -0.118. The van der Waals surface area contributed by atoms with E-state index in [2.05, 4.69) is 20.8 Å². The van der Waals surface area contributed by atoms with Gasteiger partial charge in [-0.2, -0.15) is 5.10 Å². The van der Waals surface area contributed by atoms with Crippen LogP contribution >= 0.6 is 11.3 Å². The molecule has 1 aromatic heterocycles. The van der Waals surface area contributed by atoms with Crippen LogP contribution in [0.3, 0.4) is 0 Å². The first-order valence-corrected chi connectivity index (χ1v) is 9.92. The molecule has 3 rings (SSSR count). The Kier molecular flexibility index (Phi) is 7.23. The van der Waals surface area contributed by atoms with Crippen LogP contribution in [0.25, 0.3) is 0 Å². The van der Waals surface area contributed by atoms with Crippen LogP contribution in [-0.4, -0.2) is 37.9 Å². The van der Waals surface area contributed by atoms with Gasteiger partial charge in [0.25, 0.3) is 5.91 Å². The molecule has 0 radical (unpaired) electrons. The number of carbonyl (C=O) groups excluding carboxylic acids is 1. The van der Waals surface area contributed by atoms with Gasteiger partial charge in [-0.15, -0.1) is 11.3 Å². The van der Waals surface area contributed by atoms with Crippen molar-refractivity contribution in [3.8, 4) is 17.2 Å². The number of methoxy groups -OCH3 is 2. The molecule has 0 unspecified atom stereocenters. The summed E-state index contributed by atoms with van der Waals surface area (Å²) in [5.41, 5.74) is 5.20. The lowest BCUT2D eigenvalue weighted by atomic mass is 10.2. The smallest absolute Gasteiger partial charge is 0.262 e. The number of para-hydroxylation sites is 2. The molecule has 0 saturated carbocycles. The second-order valence-corrected chi connectivity index (χ2v) is 6.97. The Labute approximate surface area is 178 Å². The maximum atomic E-state index is 12.2. The fraction of sp³-hybridized carbons (Fsp3) is 0.190. The predicted molar refractivity (Wildman–Crippen MR) is 118 cm³/mol. The first kappa shape index (κ1) is 21.1. The predicted octanol–water partition coefficient (Wildman–Crippen LogP) is 3.93. The van der Waals surface area contributed by atoms with E-state index in [0.717, 1.165) is 16.4 Å². The molecular formula is C21H22N4O4S. The minimum absolute atomic E-state index is 0.174. The number of amides is 1. The number of hydrogen-bond acceptors (Lipinski definition) is 8. The van der Waals surface area contributed by atoms with Gasteiger partial charge in [0.15, 0.2) is 18.1 Å². The highest BCUT2D eigenvalue weighted by atomic mass is 32.1. The summed E-state index contributed by atoms with van der Waals surface area (Å²) in [6.45, 7) is 1.75. The summed E-state index contributed by atoms with van der Waals surface area (Å²) in [5, 5.41) is 9.59. The Morgan fingerprint density at radius 3 is 2.67 bits per heavy atom. The molecule has 0 aliphatic rings. The molecule has 0 bridgehead atoms. The third-order valence-corrected chi connectivity index (χ3v) is 4.79. The van der Waals surface area contributed by atoms with Crippen molar-refractivity contribution in [1.29, 1.82) is 0 Å². The van der Waals surface area contributed by atoms with Crippen LogP contribution in [0, 0.1) is 6.92 Å². The van der Waals surface area contributed by atoms with Gasteiger partial charge < -0.3 is 19.5 Å². The van der Waals surface area contributed by atoms with Crippen molar-refractivity contribution >= 4 is 34.3 Å². The average Bonchev–Trinajstić information content (AvgIpc) is 3.18. The molecular weight excluding hydrogens is 404 g/mol. The Morgan fingerprint density at radius 1 is 1.13 bits per heavy atom. The van der Waals surface area contributed by atoms with Gasteiger partial charge in [-0.3, -0.25) is 10.2 Å². The molecule has 3 aromatic rings. The first-order chi connectivity index (χ1) is 14.6. The van der Waals surface area contributed by atoms with Gasteiger partial charge in [0.1, 0.15) is 5.75 Å². The van der Waals surface area contributed by atoms with Crippen molar-refractivity contribution < 1.29 is 19.0 Å². The standard InChI is InChI=1S/C21H22N4O4S/c1-14-13-30-21(23-14)25-22-11-15-8-9-18(19(10-15)28-3)29-12-20(26)24-16-6-4-5-7-17(16)27-2/h4-11,13H,12H2,1-3H3,(H,23,25)(H,24,26). The molecule has 2 aromatic carbocycles. The third kappa shape index (κ3) is 5.71. The van der Waals surface area contributed by atoms with Crippen molar-refractivity contribution in [2.24, 2.45) is 5.10 Å². The normalized spacial score (nSPS) is 10.6. The van der Waals surface area contributed by atoms with Crippen LogP contribution in [0.2, 0.25) is 0 Å². The first-order valence-electron chi connectivity index (χ1n) is 9.04. The molecule has 1 amide bonds. The Bertz CT molecular complexity index is 1040. The summed E-state index contributed by atoms with van der Waals surface area (Å²) in [5.74, 6) is 1.21. The summed E-state index contributed by atoms with van der Waals surface area (Å²) in [6.07, 6.45) is 1.65. The number of benzene rings is 2. The van der Waals surface area contributed by atoms with Crippen molar-refractivity contribution in [2.75, 3.05) is 31.6 Å². The van der Waals surface area contributed by atoms with Gasteiger partial charge in [0, 0.05) is 5.38 Å². The number of aromatic nitrogens is 1. The molecule has 156 valence electrons. The number of hydrogen-bond donors (Lipinski definition) is 2. The molecule has 0 aliphatic heterocycles. The van der Waals surface area contributed by atoms with E-state index in [4.69, 9.17) is 14.2 Å². The van der Waals surface area contributed by atoms with Crippen LogP contribution in [0.5, 0.6) is 17.2 Å². The van der Waals surface area contributed by atoms with E-state index >= 15 is 0 Å². The third-order valence-electron chi connectivity index (χ3n) is 3.92. The van der Waals surface area contributed by atoms with Gasteiger partial charge >= 0.3 is 0 Å². The van der Waals surface area contributed by atoms with Gasteiger partial charge in [-0.1, -0.05) is 12.1 Å². The van der Waals surface area contributed by atoms with Crippen LogP contribution in [0.15, 0.2) is 52.9 Å². The highest BCUT2D eigenvalue weighted by Crippen LogP contribution is 2.28. The molecule has 2 N–H and O–H groups in total. The van der Waals surface area contributed by atoms with E-state index in [1.807, 2.05) is 30.5 Å². The Hall–Kier alpha value is -3.59. The van der Waals surface area contributed by atoms with Crippen LogP contribution in [-0.2, 0) is 4.79 Å². The number of carbonyl (C=O) groups is 1. The maximum Gasteiger partial charge on any atom is 0.262 e. The summed E-state index contributed by atoms with van der Waals surface area (Å²) >= 11 is 1.48. The number of rotatable bonds is 9. The highest BCUT2D eigenvalue weighted by Gasteiger charge is 2.10. The zero-order valence-corrected chi connectivity index (χ0v) is 17.7. The monoisotopic (exact) mass is 426 g/mol. The molecule has 8 nitrogen and oxygen atoms in total. The Balaban J connectivity index is 1.58. The van der Waals surface area contributed by atoms with Crippen molar-refractivity contribution in [3.63, 3.8) is 0 Å². The van der Waals surface area contributed by atoms with Gasteiger partial charge in [0.05, 0.1) is 31.8 Å². The molecule has 1 heterocycles. The quantitative estimate of drug-likeness (QED) is 0.398. The maximum absolute atomic E-state index is 12.2. The number of anilines is 2. The van der Waals surface area contributed by atoms with E-state index in [1.54, 1.807) is 37.6 Å². The summed E-state index contributed by atoms with van der Waals surface area (Å²) < 4.78 is 16.2. The minimum atomic E-state index is -0.310. The van der Waals surface area contributed by atoms with E-state index in [0.29, 0.717) is 22.9 Å². The summed E-state index contributed by atoms with van der Waals surface area (Å²) in [4.78, 5) is 16.5. The molecule has 0 atom stereocenters. The molecule has 0 fully saturated rings. The van der Waals surface area contributed by atoms with Gasteiger partial charge in [-0.25, -0.2) is 4.98 Å². The van der Waals surface area contributed by atoms with E-state index < -0.39 is 0 Å². The molecule has 30 heavy (non-hydrogen) atoms. The van der Waals surface area contributed by atoms with Gasteiger partial charge in [-0.05, 0) is 42.8 Å². The Morgan fingerprint density at radius 2 is 1.93 bits per heavy atom. The summed E-state index contributed by atoms with van der Waals surface area (Å²) in [6, 6.07) is 12.5. The number of thiazole rings is 1.